The van der Waals surface area contributed by atoms with E-state index in [0.29, 0.717) is 12.1 Å². The van der Waals surface area contributed by atoms with Crippen LogP contribution in [0.2, 0.25) is 0 Å². The van der Waals surface area contributed by atoms with Gasteiger partial charge in [-0.15, -0.1) is 0 Å². The number of aryl methyl sites for hydroxylation is 1. The molecule has 0 spiro atoms. The van der Waals surface area contributed by atoms with Crippen molar-refractivity contribution in [2.45, 2.75) is 37.9 Å². The number of hydrogen-bond acceptors (Lipinski definition) is 7. The van der Waals surface area contributed by atoms with Gasteiger partial charge in [0.25, 0.3) is 17.7 Å². The number of benzene rings is 3. The summed E-state index contributed by atoms with van der Waals surface area (Å²) >= 11 is 0. The number of imide groups is 1. The Balaban J connectivity index is 1.24. The molecular formula is C29H26N6O3. The molecule has 6 rings (SSSR count). The predicted octanol–water partition coefficient (Wildman–Crippen LogP) is 3.92. The van der Waals surface area contributed by atoms with Gasteiger partial charge in [0, 0.05) is 6.42 Å². The van der Waals surface area contributed by atoms with Gasteiger partial charge in [0.05, 0.1) is 17.4 Å². The molecule has 3 atom stereocenters. The summed E-state index contributed by atoms with van der Waals surface area (Å²) in [4.78, 5) is 41.2. The number of carbonyl (C=O) groups is 3. The van der Waals surface area contributed by atoms with E-state index < -0.39 is 23.9 Å². The van der Waals surface area contributed by atoms with Crippen LogP contribution in [-0.2, 0) is 20.8 Å². The van der Waals surface area contributed by atoms with Crippen molar-refractivity contribution >= 4 is 29.1 Å². The van der Waals surface area contributed by atoms with Gasteiger partial charge in [-0.3, -0.25) is 19.4 Å². The highest BCUT2D eigenvalue weighted by molar-refractivity contribution is 6.25. The van der Waals surface area contributed by atoms with Gasteiger partial charge in [-0.2, -0.15) is 10.2 Å². The molecule has 9 heteroatoms. The maximum Gasteiger partial charge on any atom is 0.264 e. The Morgan fingerprint density at radius 1 is 0.895 bits per heavy atom. The number of hydrogen-bond donors (Lipinski definition) is 0. The van der Waals surface area contributed by atoms with Crippen molar-refractivity contribution in [1.82, 2.24) is 10.0 Å². The fourth-order valence-electron chi connectivity index (χ4n) is 5.18. The zero-order valence-electron chi connectivity index (χ0n) is 20.8. The van der Waals surface area contributed by atoms with Crippen LogP contribution in [0.1, 0.15) is 36.1 Å². The quantitative estimate of drug-likeness (QED) is 0.473. The molecule has 0 unspecified atom stereocenters. The molecule has 9 nitrogen and oxygen atoms in total. The highest BCUT2D eigenvalue weighted by atomic mass is 16.2. The van der Waals surface area contributed by atoms with Crippen molar-refractivity contribution in [3.63, 3.8) is 0 Å². The summed E-state index contributed by atoms with van der Waals surface area (Å²) in [5.74, 6) is -1.19. The summed E-state index contributed by atoms with van der Waals surface area (Å²) in [7, 11) is 0. The minimum atomic E-state index is -0.965. The first-order valence-corrected chi connectivity index (χ1v) is 12.7. The number of hydrazone groups is 1. The van der Waals surface area contributed by atoms with Crippen LogP contribution in [0.4, 0.5) is 5.69 Å². The maximum atomic E-state index is 13.6. The Kier molecular flexibility index (Phi) is 6.03. The van der Waals surface area contributed by atoms with E-state index >= 15 is 0 Å². The summed E-state index contributed by atoms with van der Waals surface area (Å²) in [5.41, 5.74) is 4.32. The molecule has 0 aliphatic carbocycles. The van der Waals surface area contributed by atoms with E-state index in [1.165, 1.54) is 10.0 Å². The fourth-order valence-corrected chi connectivity index (χ4v) is 5.18. The number of anilines is 1. The minimum absolute atomic E-state index is 0.221. The first-order chi connectivity index (χ1) is 18.5. The van der Waals surface area contributed by atoms with Gasteiger partial charge in [-0.1, -0.05) is 84.9 Å². The molecule has 0 bridgehead atoms. The molecule has 3 aromatic carbocycles. The van der Waals surface area contributed by atoms with Crippen molar-refractivity contribution < 1.29 is 14.4 Å². The van der Waals surface area contributed by atoms with Crippen molar-refractivity contribution in [3.8, 4) is 0 Å². The van der Waals surface area contributed by atoms with Crippen LogP contribution in [-0.4, -0.2) is 52.1 Å². The molecule has 0 saturated carbocycles. The lowest BCUT2D eigenvalue weighted by Gasteiger charge is -2.25. The fraction of sp³-hybridized carbons (Fsp3) is 0.241. The highest BCUT2D eigenvalue weighted by Crippen LogP contribution is 2.35. The summed E-state index contributed by atoms with van der Waals surface area (Å²) < 4.78 is 0. The third-order valence-corrected chi connectivity index (χ3v) is 7.22. The average molecular weight is 507 g/mol. The Morgan fingerprint density at radius 3 is 2.26 bits per heavy atom. The van der Waals surface area contributed by atoms with E-state index in [0.717, 1.165) is 33.7 Å². The number of rotatable bonds is 6. The summed E-state index contributed by atoms with van der Waals surface area (Å²) in [6.07, 6.45) is 1.42. The summed E-state index contributed by atoms with van der Waals surface area (Å²) in [6.45, 7) is 1.82. The van der Waals surface area contributed by atoms with E-state index in [9.17, 15) is 14.4 Å². The Bertz CT molecular complexity index is 1440. The summed E-state index contributed by atoms with van der Waals surface area (Å²) in [5, 5.41) is 15.6. The van der Waals surface area contributed by atoms with Gasteiger partial charge in [0.1, 0.15) is 6.54 Å². The maximum absolute atomic E-state index is 13.6. The van der Waals surface area contributed by atoms with E-state index in [1.54, 1.807) is 12.1 Å². The lowest BCUT2D eigenvalue weighted by Crippen LogP contribution is -2.44. The van der Waals surface area contributed by atoms with Gasteiger partial charge in [-0.05, 0) is 35.2 Å². The molecule has 38 heavy (non-hydrogen) atoms. The van der Waals surface area contributed by atoms with E-state index in [2.05, 4.69) is 10.3 Å². The van der Waals surface area contributed by atoms with Gasteiger partial charge < -0.3 is 0 Å². The molecule has 0 radical (unpaired) electrons. The molecule has 0 N–H and O–H groups in total. The largest absolute Gasteiger partial charge is 0.271 e. The smallest absolute Gasteiger partial charge is 0.264 e. The topological polar surface area (TPSA) is 98.0 Å². The molecule has 3 aliphatic heterocycles. The lowest BCUT2D eigenvalue weighted by molar-refractivity contribution is -0.135. The molecule has 1 saturated heterocycles. The number of amides is 3. The van der Waals surface area contributed by atoms with Crippen molar-refractivity contribution in [1.29, 1.82) is 0 Å². The first-order valence-electron chi connectivity index (χ1n) is 12.7. The van der Waals surface area contributed by atoms with Crippen LogP contribution < -0.4 is 4.90 Å². The van der Waals surface area contributed by atoms with Crippen molar-refractivity contribution in [3.05, 3.63) is 102 Å². The SMILES string of the molecule is CCc1ccc(N2C(=O)[C@H]3N=NN(CC(=O)N4N=C(c5ccccc5)C[C@@H]4c4ccccc4)[C@@H]3C2=O)cc1. The molecule has 3 aliphatic rings. The molecule has 3 amide bonds. The minimum Gasteiger partial charge on any atom is -0.271 e. The van der Waals surface area contributed by atoms with Crippen LogP contribution in [0.5, 0.6) is 0 Å². The van der Waals surface area contributed by atoms with Gasteiger partial charge in [0.15, 0.2) is 12.1 Å². The third-order valence-electron chi connectivity index (χ3n) is 7.22. The molecule has 190 valence electrons. The normalized spacial score (nSPS) is 22.3. The lowest BCUT2D eigenvalue weighted by atomic mass is 9.98. The van der Waals surface area contributed by atoms with E-state index in [4.69, 9.17) is 5.10 Å². The third kappa shape index (κ3) is 4.06. The second kappa shape index (κ2) is 9.66. The zero-order valence-corrected chi connectivity index (χ0v) is 20.8. The highest BCUT2D eigenvalue weighted by Gasteiger charge is 2.55. The van der Waals surface area contributed by atoms with Crippen LogP contribution in [0.3, 0.4) is 0 Å². The second-order valence-electron chi connectivity index (χ2n) is 9.51. The molecule has 3 heterocycles. The van der Waals surface area contributed by atoms with Crippen LogP contribution >= 0.6 is 0 Å². The van der Waals surface area contributed by atoms with Gasteiger partial charge >= 0.3 is 0 Å². The van der Waals surface area contributed by atoms with E-state index in [-0.39, 0.29) is 18.5 Å². The second-order valence-corrected chi connectivity index (χ2v) is 9.51. The van der Waals surface area contributed by atoms with Crippen LogP contribution in [0, 0.1) is 0 Å². The van der Waals surface area contributed by atoms with Crippen LogP contribution in [0.25, 0.3) is 0 Å². The summed E-state index contributed by atoms with van der Waals surface area (Å²) in [6, 6.07) is 24.6. The predicted molar refractivity (Wildman–Crippen MR) is 141 cm³/mol. The van der Waals surface area contributed by atoms with Crippen molar-refractivity contribution in [2.24, 2.45) is 15.4 Å². The first kappa shape index (κ1) is 23.7. The molecular weight excluding hydrogens is 480 g/mol. The van der Waals surface area contributed by atoms with Crippen molar-refractivity contribution in [2.75, 3.05) is 11.4 Å². The van der Waals surface area contributed by atoms with Crippen LogP contribution in [0.15, 0.2) is 100 Å². The van der Waals surface area contributed by atoms with Gasteiger partial charge in [0.2, 0.25) is 0 Å². The van der Waals surface area contributed by atoms with Gasteiger partial charge in [-0.25, -0.2) is 9.91 Å². The number of nitrogens with zero attached hydrogens (tertiary/aromatic N) is 6. The molecule has 0 aromatic heterocycles. The average Bonchev–Trinajstić information content (AvgIpc) is 3.65. The molecule has 1 fully saturated rings. The standard InChI is InChI=1S/C29H26N6O3/c1-2-19-13-15-22(16-14-19)34-28(37)26-27(29(34)38)33(32-30-26)18-25(36)35-24(21-11-7-4-8-12-21)17-23(31-35)20-9-5-3-6-10-20/h3-16,24,26-27H,2,17-18H2,1H3/t24-,26+,27+/m1/s1. The Morgan fingerprint density at radius 2 is 1.58 bits per heavy atom. The number of carbonyl (C=O) groups excluding carboxylic acids is 3. The zero-order chi connectivity index (χ0) is 26.2. The number of fused-ring (bicyclic) bond motifs is 1. The van der Waals surface area contributed by atoms with E-state index in [1.807, 2.05) is 79.7 Å². The monoisotopic (exact) mass is 506 g/mol. The Labute approximate surface area is 220 Å². The Hall–Kier alpha value is -4.66. The molecule has 3 aromatic rings.